The van der Waals surface area contributed by atoms with Crippen LogP contribution >= 0.6 is 34.7 Å². The molecule has 3 aromatic carbocycles. The van der Waals surface area contributed by atoms with Gasteiger partial charge in [-0.05, 0) is 97.3 Å². The average molecular weight is 716 g/mol. The first-order chi connectivity index (χ1) is 23.7. The maximum Gasteiger partial charge on any atom is 0.338 e. The normalized spacial score (nSPS) is 26.2. The fourth-order valence-electron chi connectivity index (χ4n) is 8.26. The minimum absolute atomic E-state index is 0.0222. The zero-order valence-electron chi connectivity index (χ0n) is 26.1. The number of nitrogens with one attached hydrogen (secondary N) is 2. The van der Waals surface area contributed by atoms with Crippen LogP contribution in [0.25, 0.3) is 0 Å². The minimum Gasteiger partial charge on any atom is -0.484 e. The smallest absolute Gasteiger partial charge is 0.338 e. The fourth-order valence-corrected chi connectivity index (χ4v) is 11.3. The lowest BCUT2D eigenvalue weighted by molar-refractivity contribution is -0.123. The average Bonchev–Trinajstić information content (AvgIpc) is 3.84. The van der Waals surface area contributed by atoms with Crippen molar-refractivity contribution in [2.45, 2.75) is 29.5 Å². The lowest BCUT2D eigenvalue weighted by Gasteiger charge is -2.43. The first-order valence-electron chi connectivity index (χ1n) is 16.0. The zero-order chi connectivity index (χ0) is 34.0. The van der Waals surface area contributed by atoms with Crippen molar-refractivity contribution in [2.24, 2.45) is 29.6 Å². The van der Waals surface area contributed by atoms with Crippen LogP contribution in [0, 0.1) is 29.6 Å². The number of carbonyl (C=O) groups excluding carboxylic acids is 4. The predicted octanol–water partition coefficient (Wildman–Crippen LogP) is 5.96. The van der Waals surface area contributed by atoms with E-state index in [1.807, 2.05) is 24.3 Å². The molecule has 3 amide bonds. The van der Waals surface area contributed by atoms with Crippen LogP contribution < -0.4 is 19.8 Å². The molecule has 2 aliphatic carbocycles. The van der Waals surface area contributed by atoms with Crippen molar-refractivity contribution in [1.29, 1.82) is 0 Å². The number of imide groups is 1. The second-order valence-corrected chi connectivity index (χ2v) is 15.3. The predicted molar refractivity (Wildman–Crippen MR) is 185 cm³/mol. The Morgan fingerprint density at radius 3 is 2.33 bits per heavy atom. The number of fused-ring (bicyclic) bond motifs is 9. The number of thiazole rings is 1. The number of aromatic amines is 1. The second kappa shape index (κ2) is 12.5. The summed E-state index contributed by atoms with van der Waals surface area (Å²) in [7, 11) is 0. The van der Waals surface area contributed by atoms with E-state index in [1.54, 1.807) is 67.2 Å². The molecular weight excluding hydrogens is 686 g/mol. The molecule has 1 aromatic heterocycles. The van der Waals surface area contributed by atoms with Gasteiger partial charge in [-0.2, -0.15) is 0 Å². The van der Waals surface area contributed by atoms with E-state index in [4.69, 9.17) is 21.1 Å². The summed E-state index contributed by atoms with van der Waals surface area (Å²) in [6.07, 6.45) is 0.768. The van der Waals surface area contributed by atoms with E-state index in [-0.39, 0.29) is 64.7 Å². The molecule has 4 aromatic rings. The number of amides is 3. The van der Waals surface area contributed by atoms with Gasteiger partial charge < -0.3 is 19.8 Å². The second-order valence-electron chi connectivity index (χ2n) is 12.7. The van der Waals surface area contributed by atoms with Gasteiger partial charge in [-0.3, -0.25) is 24.1 Å². The number of hydrogen-bond donors (Lipinski definition) is 2. The van der Waals surface area contributed by atoms with E-state index < -0.39 is 17.8 Å². The highest BCUT2D eigenvalue weighted by Gasteiger charge is 2.69. The van der Waals surface area contributed by atoms with Crippen LogP contribution in [-0.2, 0) is 19.1 Å². The quantitative estimate of drug-likeness (QED) is 0.169. The van der Waals surface area contributed by atoms with Crippen LogP contribution in [0.2, 0.25) is 5.02 Å². The number of carbonyl (C=O) groups is 4. The molecule has 10 nitrogen and oxygen atoms in total. The van der Waals surface area contributed by atoms with E-state index in [2.05, 4.69) is 10.3 Å². The van der Waals surface area contributed by atoms with E-state index in [0.29, 0.717) is 27.7 Å². The standard InChI is InChI=1S/C36H30ClN3O7S2/c1-2-46-35(44)18-3-11-21(12-4-18)40-33(42)28-23-15-24(29(28)34(40)43)30-27(23)26(31-32(48-30)39-36(45)49-31)17-5-13-22(14-6-17)47-16-25(41)38-20-9-7-19(37)8-10-20/h3-14,23-24,26-30H,2,15-16H2,1H3,(H,38,41)(H,39,45)/t23-,24-,26-,27?,28?,29?,30?/m1/s1. The van der Waals surface area contributed by atoms with E-state index in [1.165, 1.54) is 16.2 Å². The molecule has 1 saturated heterocycles. The third-order valence-corrected chi connectivity index (χ3v) is 12.9. The number of ether oxygens (including phenoxy) is 2. The highest BCUT2D eigenvalue weighted by molar-refractivity contribution is 8.00. The summed E-state index contributed by atoms with van der Waals surface area (Å²) in [5, 5.41) is 4.22. The van der Waals surface area contributed by atoms with Crippen LogP contribution in [-0.4, -0.2) is 47.1 Å². The zero-order valence-corrected chi connectivity index (χ0v) is 28.5. The topological polar surface area (TPSA) is 135 Å². The van der Waals surface area contributed by atoms with Crippen molar-refractivity contribution >= 4 is 69.8 Å². The van der Waals surface area contributed by atoms with Gasteiger partial charge in [0.2, 0.25) is 11.8 Å². The van der Waals surface area contributed by atoms with E-state index in [9.17, 15) is 24.0 Å². The van der Waals surface area contributed by atoms with Crippen LogP contribution in [0.1, 0.15) is 40.1 Å². The number of benzene rings is 3. The van der Waals surface area contributed by atoms with Gasteiger partial charge in [-0.25, -0.2) is 4.79 Å². The third kappa shape index (κ3) is 5.46. The molecule has 3 fully saturated rings. The number of rotatable bonds is 8. The van der Waals surface area contributed by atoms with Crippen molar-refractivity contribution in [3.05, 3.63) is 103 Å². The lowest BCUT2D eigenvalue weighted by Crippen LogP contribution is -2.42. The van der Waals surface area contributed by atoms with Gasteiger partial charge in [0, 0.05) is 26.8 Å². The van der Waals surface area contributed by atoms with Gasteiger partial charge in [0.25, 0.3) is 5.91 Å². The Kier molecular flexibility index (Phi) is 8.12. The molecule has 0 spiro atoms. The van der Waals surface area contributed by atoms with Crippen LogP contribution in [0.5, 0.6) is 5.75 Å². The summed E-state index contributed by atoms with van der Waals surface area (Å²) >= 11 is 8.75. The molecule has 2 N–H and O–H groups in total. The highest BCUT2D eigenvalue weighted by Crippen LogP contribution is 2.68. The molecule has 2 aliphatic heterocycles. The van der Waals surface area contributed by atoms with Crippen molar-refractivity contribution in [3.63, 3.8) is 0 Å². The van der Waals surface area contributed by atoms with E-state index in [0.717, 1.165) is 21.9 Å². The number of H-pyrrole nitrogens is 1. The molecular formula is C36H30ClN3O7S2. The van der Waals surface area contributed by atoms with Gasteiger partial charge >= 0.3 is 10.8 Å². The molecule has 0 radical (unpaired) electrons. The summed E-state index contributed by atoms with van der Waals surface area (Å²) in [4.78, 5) is 70.4. The summed E-state index contributed by atoms with van der Waals surface area (Å²) in [6, 6.07) is 20.8. The Morgan fingerprint density at radius 2 is 1.63 bits per heavy atom. The molecule has 7 atom stereocenters. The Bertz CT molecular complexity index is 2030. The number of halogens is 1. The molecule has 250 valence electrons. The van der Waals surface area contributed by atoms with Crippen molar-refractivity contribution in [3.8, 4) is 5.75 Å². The first kappa shape index (κ1) is 31.9. The van der Waals surface area contributed by atoms with Crippen LogP contribution in [0.4, 0.5) is 11.4 Å². The molecule has 2 saturated carbocycles. The van der Waals surface area contributed by atoms with Gasteiger partial charge in [-0.15, -0.1) is 11.8 Å². The number of hydrogen-bond acceptors (Lipinski definition) is 9. The minimum atomic E-state index is -0.458. The first-order valence-corrected chi connectivity index (χ1v) is 18.1. The maximum absolute atomic E-state index is 14.1. The maximum atomic E-state index is 14.1. The van der Waals surface area contributed by atoms with Gasteiger partial charge in [0.05, 0.1) is 34.7 Å². The number of esters is 1. The van der Waals surface area contributed by atoms with E-state index >= 15 is 0 Å². The van der Waals surface area contributed by atoms with Crippen LogP contribution in [0.3, 0.4) is 0 Å². The summed E-state index contributed by atoms with van der Waals surface area (Å²) in [5.41, 5.74) is 2.40. The number of nitrogens with zero attached hydrogens (tertiary/aromatic N) is 1. The summed E-state index contributed by atoms with van der Waals surface area (Å²) in [5.74, 6) is -1.72. The largest absolute Gasteiger partial charge is 0.484 e. The SMILES string of the molecule is CCOC(=O)c1ccc(N2C(=O)C3C(C2=O)[C@@H]2C[C@H]3C3Sc4[nH]c(=O)sc4[C@H](c4ccc(OCC(=O)Nc5ccc(Cl)cc5)cc4)C32)cc1. The number of aromatic nitrogens is 1. The Labute approximate surface area is 294 Å². The fraction of sp³-hybridized carbons (Fsp3) is 0.306. The third-order valence-electron chi connectivity index (χ3n) is 10.1. The van der Waals surface area contributed by atoms with Gasteiger partial charge in [0.15, 0.2) is 6.61 Å². The molecule has 49 heavy (non-hydrogen) atoms. The summed E-state index contributed by atoms with van der Waals surface area (Å²) in [6.45, 7) is 1.80. The molecule has 4 aliphatic rings. The highest BCUT2D eigenvalue weighted by atomic mass is 35.5. The molecule has 3 heterocycles. The number of thioether (sulfide) groups is 1. The molecule has 2 bridgehead atoms. The Balaban J connectivity index is 1.03. The summed E-state index contributed by atoms with van der Waals surface area (Å²) < 4.78 is 10.9. The number of anilines is 2. The van der Waals surface area contributed by atoms with Gasteiger partial charge in [-0.1, -0.05) is 35.1 Å². The molecule has 4 unspecified atom stereocenters. The Morgan fingerprint density at radius 1 is 0.939 bits per heavy atom. The molecule has 8 rings (SSSR count). The van der Waals surface area contributed by atoms with Crippen LogP contribution in [0.15, 0.2) is 82.6 Å². The van der Waals surface area contributed by atoms with Crippen molar-refractivity contribution in [2.75, 3.05) is 23.4 Å². The monoisotopic (exact) mass is 715 g/mol. The Hall–Kier alpha value is -4.39. The molecule has 13 heteroatoms. The van der Waals surface area contributed by atoms with Crippen molar-refractivity contribution < 1.29 is 28.7 Å². The van der Waals surface area contributed by atoms with Gasteiger partial charge in [0.1, 0.15) is 5.75 Å². The lowest BCUT2D eigenvalue weighted by atomic mass is 9.68. The van der Waals surface area contributed by atoms with Crippen molar-refractivity contribution in [1.82, 2.24) is 4.98 Å².